The summed E-state index contributed by atoms with van der Waals surface area (Å²) in [7, 11) is 0. The molecule has 0 unspecified atom stereocenters. The van der Waals surface area contributed by atoms with Crippen LogP contribution < -0.4 is 14.8 Å². The van der Waals surface area contributed by atoms with Gasteiger partial charge in [0.1, 0.15) is 13.2 Å². The van der Waals surface area contributed by atoms with Crippen molar-refractivity contribution in [3.8, 4) is 11.5 Å². The van der Waals surface area contributed by atoms with E-state index in [4.69, 9.17) is 14.2 Å². The third kappa shape index (κ3) is 4.10. The van der Waals surface area contributed by atoms with Crippen molar-refractivity contribution in [1.82, 2.24) is 10.3 Å². The lowest BCUT2D eigenvalue weighted by Crippen LogP contribution is -2.35. The van der Waals surface area contributed by atoms with E-state index in [1.54, 1.807) is 6.20 Å². The van der Waals surface area contributed by atoms with Gasteiger partial charge >= 0.3 is 5.97 Å². The number of benzene rings is 2. The molecule has 1 aliphatic heterocycles. The van der Waals surface area contributed by atoms with E-state index < -0.39 is 5.97 Å². The van der Waals surface area contributed by atoms with Gasteiger partial charge in [-0.25, -0.2) is 4.79 Å². The summed E-state index contributed by atoms with van der Waals surface area (Å²) in [5, 5.41) is 3.72. The van der Waals surface area contributed by atoms with Gasteiger partial charge in [-0.1, -0.05) is 38.1 Å². The van der Waals surface area contributed by atoms with Crippen LogP contribution in [-0.4, -0.2) is 36.7 Å². The molecule has 2 heterocycles. The molecule has 0 fully saturated rings. The summed E-state index contributed by atoms with van der Waals surface area (Å²) in [6, 6.07) is 12.8. The van der Waals surface area contributed by atoms with Gasteiger partial charge in [-0.15, -0.1) is 0 Å². The number of ether oxygens (including phenoxy) is 3. The number of rotatable bonds is 6. The van der Waals surface area contributed by atoms with Crippen LogP contribution in [0.4, 0.5) is 0 Å². The summed E-state index contributed by atoms with van der Waals surface area (Å²) >= 11 is 0. The number of esters is 1. The molecule has 156 valence electrons. The van der Waals surface area contributed by atoms with Crippen molar-refractivity contribution >= 4 is 22.8 Å². The Morgan fingerprint density at radius 2 is 1.87 bits per heavy atom. The first-order valence-corrected chi connectivity index (χ1v) is 9.95. The molecule has 7 heteroatoms. The largest absolute Gasteiger partial charge is 0.486 e. The maximum absolute atomic E-state index is 12.5. The van der Waals surface area contributed by atoms with Crippen molar-refractivity contribution in [2.45, 2.75) is 19.9 Å². The fraction of sp³-hybridized carbons (Fsp3) is 0.304. The summed E-state index contributed by atoms with van der Waals surface area (Å²) in [5.74, 6) is 0.594. The van der Waals surface area contributed by atoms with Crippen LogP contribution >= 0.6 is 0 Å². The molecule has 1 amide bonds. The topological polar surface area (TPSA) is 89.7 Å². The van der Waals surface area contributed by atoms with Crippen LogP contribution in [0.5, 0.6) is 11.5 Å². The van der Waals surface area contributed by atoms with Crippen molar-refractivity contribution in [1.29, 1.82) is 0 Å². The van der Waals surface area contributed by atoms with E-state index in [0.29, 0.717) is 30.3 Å². The smallest absolute Gasteiger partial charge is 0.340 e. The highest BCUT2D eigenvalue weighted by Gasteiger charge is 2.22. The molecule has 7 nitrogen and oxygen atoms in total. The van der Waals surface area contributed by atoms with Crippen molar-refractivity contribution in [2.75, 3.05) is 19.8 Å². The molecule has 1 aliphatic rings. The minimum absolute atomic E-state index is 0.126. The third-order valence-corrected chi connectivity index (χ3v) is 5.05. The van der Waals surface area contributed by atoms with Crippen LogP contribution in [-0.2, 0) is 9.53 Å². The summed E-state index contributed by atoms with van der Waals surface area (Å²) < 4.78 is 16.5. The van der Waals surface area contributed by atoms with Gasteiger partial charge in [-0.2, -0.15) is 0 Å². The number of H-pyrrole nitrogens is 1. The molecule has 2 aromatic carbocycles. The number of para-hydroxylation sites is 1. The van der Waals surface area contributed by atoms with Gasteiger partial charge in [0.25, 0.3) is 5.91 Å². The minimum atomic E-state index is -0.539. The molecular formula is C23H24N2O5. The van der Waals surface area contributed by atoms with Crippen LogP contribution in [0.1, 0.15) is 35.8 Å². The maximum atomic E-state index is 12.5. The second-order valence-corrected chi connectivity index (χ2v) is 7.52. The van der Waals surface area contributed by atoms with Gasteiger partial charge in [0.2, 0.25) is 0 Å². The normalized spacial score (nSPS) is 13.8. The second kappa shape index (κ2) is 8.49. The Balaban J connectivity index is 1.41. The molecule has 0 saturated heterocycles. The van der Waals surface area contributed by atoms with Crippen molar-refractivity contribution in [3.05, 3.63) is 59.8 Å². The zero-order valence-electron chi connectivity index (χ0n) is 16.9. The van der Waals surface area contributed by atoms with Gasteiger partial charge in [-0.3, -0.25) is 4.79 Å². The van der Waals surface area contributed by atoms with Crippen LogP contribution in [0, 0.1) is 5.92 Å². The lowest BCUT2D eigenvalue weighted by molar-refractivity contribution is -0.125. The Hall–Kier alpha value is -3.48. The quantitative estimate of drug-likeness (QED) is 0.608. The number of aromatic nitrogens is 1. The number of aromatic amines is 1. The van der Waals surface area contributed by atoms with E-state index in [0.717, 1.165) is 16.5 Å². The average molecular weight is 408 g/mol. The highest BCUT2D eigenvalue weighted by molar-refractivity contribution is 6.04. The Kier molecular flexibility index (Phi) is 5.61. The maximum Gasteiger partial charge on any atom is 0.340 e. The molecule has 4 rings (SSSR count). The number of carbonyl (C=O) groups is 2. The van der Waals surface area contributed by atoms with Crippen LogP contribution in [0.3, 0.4) is 0 Å². The highest BCUT2D eigenvalue weighted by Crippen LogP contribution is 2.34. The van der Waals surface area contributed by atoms with E-state index in [2.05, 4.69) is 10.3 Å². The number of hydrogen-bond acceptors (Lipinski definition) is 5. The van der Waals surface area contributed by atoms with E-state index in [1.165, 1.54) is 0 Å². The van der Waals surface area contributed by atoms with E-state index in [-0.39, 0.29) is 24.5 Å². The highest BCUT2D eigenvalue weighted by atomic mass is 16.6. The number of nitrogens with one attached hydrogen (secondary N) is 2. The molecule has 1 atom stereocenters. The monoisotopic (exact) mass is 408 g/mol. The van der Waals surface area contributed by atoms with E-state index in [1.807, 2.05) is 56.3 Å². The van der Waals surface area contributed by atoms with Gasteiger partial charge in [-0.05, 0) is 29.7 Å². The second-order valence-electron chi connectivity index (χ2n) is 7.52. The Morgan fingerprint density at radius 3 is 2.67 bits per heavy atom. The van der Waals surface area contributed by atoms with Crippen LogP contribution in [0.2, 0.25) is 0 Å². The Bertz CT molecular complexity index is 1070. The number of carbonyl (C=O) groups excluding carboxylic acids is 2. The zero-order valence-corrected chi connectivity index (χ0v) is 16.9. The van der Waals surface area contributed by atoms with E-state index >= 15 is 0 Å². The molecule has 0 spiro atoms. The minimum Gasteiger partial charge on any atom is -0.486 e. The van der Waals surface area contributed by atoms with Crippen molar-refractivity contribution < 1.29 is 23.8 Å². The summed E-state index contributed by atoms with van der Waals surface area (Å²) in [6.07, 6.45) is 1.59. The van der Waals surface area contributed by atoms with Gasteiger partial charge in [0.05, 0.1) is 11.6 Å². The summed E-state index contributed by atoms with van der Waals surface area (Å²) in [5.41, 5.74) is 2.16. The SMILES string of the molecule is CC(C)[C@@H](NC(=O)COC(=O)c1c[nH]c2ccccc12)c1ccc2c(c1)OCCO2. The Labute approximate surface area is 174 Å². The van der Waals surface area contributed by atoms with Gasteiger partial charge in [0.15, 0.2) is 18.1 Å². The fourth-order valence-corrected chi connectivity index (χ4v) is 3.55. The number of fused-ring (bicyclic) bond motifs is 2. The molecule has 0 aliphatic carbocycles. The first-order valence-electron chi connectivity index (χ1n) is 9.95. The molecule has 1 aromatic heterocycles. The third-order valence-electron chi connectivity index (χ3n) is 5.05. The molecule has 0 bridgehead atoms. The van der Waals surface area contributed by atoms with Gasteiger partial charge in [0, 0.05) is 17.1 Å². The van der Waals surface area contributed by atoms with Gasteiger partial charge < -0.3 is 24.5 Å². The van der Waals surface area contributed by atoms with E-state index in [9.17, 15) is 9.59 Å². The molecule has 0 saturated carbocycles. The number of amides is 1. The van der Waals surface area contributed by atoms with Crippen LogP contribution in [0.15, 0.2) is 48.7 Å². The van der Waals surface area contributed by atoms with Crippen molar-refractivity contribution in [2.24, 2.45) is 5.92 Å². The summed E-state index contributed by atoms with van der Waals surface area (Å²) in [6.45, 7) is 4.70. The fourth-order valence-electron chi connectivity index (χ4n) is 3.55. The predicted molar refractivity (Wildman–Crippen MR) is 112 cm³/mol. The van der Waals surface area contributed by atoms with Crippen molar-refractivity contribution in [3.63, 3.8) is 0 Å². The average Bonchev–Trinajstić information content (AvgIpc) is 3.19. The molecule has 0 radical (unpaired) electrons. The lowest BCUT2D eigenvalue weighted by atomic mass is 9.95. The summed E-state index contributed by atoms with van der Waals surface area (Å²) in [4.78, 5) is 28.0. The predicted octanol–water partition coefficient (Wildman–Crippen LogP) is 3.61. The molecule has 30 heavy (non-hydrogen) atoms. The number of hydrogen-bond donors (Lipinski definition) is 2. The molecule has 3 aromatic rings. The standard InChI is InChI=1S/C23H24N2O5/c1-14(2)22(15-7-8-19-20(11-15)29-10-9-28-19)25-21(26)13-30-23(27)17-12-24-18-6-4-3-5-16(17)18/h3-8,11-12,14,22,24H,9-10,13H2,1-2H3,(H,25,26)/t22-/m1/s1. The zero-order chi connectivity index (χ0) is 21.1. The first-order chi connectivity index (χ1) is 14.5. The first kappa shape index (κ1) is 19.8. The lowest BCUT2D eigenvalue weighted by Gasteiger charge is -2.25. The molecule has 2 N–H and O–H groups in total. The Morgan fingerprint density at radius 1 is 1.10 bits per heavy atom. The molecular weight excluding hydrogens is 384 g/mol. The van der Waals surface area contributed by atoms with Crippen LogP contribution in [0.25, 0.3) is 10.9 Å².